The predicted octanol–water partition coefficient (Wildman–Crippen LogP) is 1.77. The second kappa shape index (κ2) is 4.44. The summed E-state index contributed by atoms with van der Waals surface area (Å²) in [6.07, 6.45) is 2.80. The minimum absolute atomic E-state index is 0.0910. The van der Waals surface area contributed by atoms with E-state index in [1.54, 1.807) is 7.11 Å². The molecule has 1 heterocycles. The first-order chi connectivity index (χ1) is 7.09. The van der Waals surface area contributed by atoms with Crippen LogP contribution in [0.25, 0.3) is 0 Å². The van der Waals surface area contributed by atoms with E-state index in [9.17, 15) is 4.79 Å². The lowest BCUT2D eigenvalue weighted by Crippen LogP contribution is -2.28. The summed E-state index contributed by atoms with van der Waals surface area (Å²) in [4.78, 5) is 17.5. The van der Waals surface area contributed by atoms with E-state index >= 15 is 0 Å². The summed E-state index contributed by atoms with van der Waals surface area (Å²) >= 11 is 0. The molecule has 5 nitrogen and oxygen atoms in total. The van der Waals surface area contributed by atoms with Gasteiger partial charge in [-0.3, -0.25) is 0 Å². The highest BCUT2D eigenvalue weighted by Gasteiger charge is 2.31. The van der Waals surface area contributed by atoms with Crippen LogP contribution in [0, 0.1) is 0 Å². The molecule has 15 heavy (non-hydrogen) atoms. The van der Waals surface area contributed by atoms with E-state index in [1.807, 2.05) is 13.8 Å². The molecule has 5 heteroatoms. The SMILES string of the molecule is CCC(CC)(OC)c1ncc(C(=O)O)[nH]1. The second-order valence-corrected chi connectivity index (χ2v) is 3.36. The van der Waals surface area contributed by atoms with Gasteiger partial charge < -0.3 is 14.8 Å². The predicted molar refractivity (Wildman–Crippen MR) is 54.8 cm³/mol. The van der Waals surface area contributed by atoms with Crippen molar-refractivity contribution < 1.29 is 14.6 Å². The van der Waals surface area contributed by atoms with E-state index in [-0.39, 0.29) is 5.69 Å². The summed E-state index contributed by atoms with van der Waals surface area (Å²) in [5.41, 5.74) is -0.415. The van der Waals surface area contributed by atoms with E-state index in [2.05, 4.69) is 9.97 Å². The number of methoxy groups -OCH3 is 1. The van der Waals surface area contributed by atoms with Gasteiger partial charge in [0.15, 0.2) is 0 Å². The molecule has 0 fully saturated rings. The number of nitrogens with one attached hydrogen (secondary N) is 1. The third-order valence-corrected chi connectivity index (χ3v) is 2.77. The molecule has 0 unspecified atom stereocenters. The van der Waals surface area contributed by atoms with E-state index in [1.165, 1.54) is 6.20 Å². The summed E-state index contributed by atoms with van der Waals surface area (Å²) in [5, 5.41) is 8.77. The third-order valence-electron chi connectivity index (χ3n) is 2.77. The molecule has 2 N–H and O–H groups in total. The number of aromatic carboxylic acids is 1. The molecular weight excluding hydrogens is 196 g/mol. The Bertz CT molecular complexity index is 334. The Morgan fingerprint density at radius 1 is 1.60 bits per heavy atom. The van der Waals surface area contributed by atoms with Gasteiger partial charge in [-0.25, -0.2) is 9.78 Å². The minimum atomic E-state index is -1.01. The molecule has 0 bridgehead atoms. The number of carbonyl (C=O) groups is 1. The summed E-state index contributed by atoms with van der Waals surface area (Å²) in [6.45, 7) is 3.96. The van der Waals surface area contributed by atoms with Gasteiger partial charge in [0.05, 0.1) is 6.20 Å². The summed E-state index contributed by atoms with van der Waals surface area (Å²) in [6, 6.07) is 0. The van der Waals surface area contributed by atoms with Crippen molar-refractivity contribution in [2.45, 2.75) is 32.3 Å². The molecule has 1 rings (SSSR count). The monoisotopic (exact) mass is 212 g/mol. The smallest absolute Gasteiger partial charge is 0.353 e. The Kier molecular flexibility index (Phi) is 3.47. The molecule has 0 saturated heterocycles. The van der Waals surface area contributed by atoms with Gasteiger partial charge in [-0.15, -0.1) is 0 Å². The lowest BCUT2D eigenvalue weighted by molar-refractivity contribution is -0.0285. The quantitative estimate of drug-likeness (QED) is 0.780. The number of carboxylic acids is 1. The summed E-state index contributed by atoms with van der Waals surface area (Å²) < 4.78 is 5.43. The highest BCUT2D eigenvalue weighted by molar-refractivity contribution is 5.85. The van der Waals surface area contributed by atoms with Gasteiger partial charge in [0, 0.05) is 7.11 Å². The number of H-pyrrole nitrogens is 1. The summed E-state index contributed by atoms with van der Waals surface area (Å²) in [5.74, 6) is -0.432. The number of rotatable bonds is 5. The normalized spacial score (nSPS) is 11.7. The first kappa shape index (κ1) is 11.7. The van der Waals surface area contributed by atoms with Gasteiger partial charge in [0.2, 0.25) is 0 Å². The van der Waals surface area contributed by atoms with Crippen LogP contribution in [0.1, 0.15) is 43.0 Å². The van der Waals surface area contributed by atoms with E-state index in [0.717, 1.165) is 12.8 Å². The van der Waals surface area contributed by atoms with Crippen LogP contribution in [0.3, 0.4) is 0 Å². The molecule has 0 spiro atoms. The van der Waals surface area contributed by atoms with Gasteiger partial charge in [-0.1, -0.05) is 13.8 Å². The molecule has 1 aromatic heterocycles. The number of hydrogen-bond donors (Lipinski definition) is 2. The van der Waals surface area contributed by atoms with E-state index in [4.69, 9.17) is 9.84 Å². The Morgan fingerprint density at radius 3 is 2.53 bits per heavy atom. The molecule has 0 saturated carbocycles. The van der Waals surface area contributed by atoms with Gasteiger partial charge in [0.25, 0.3) is 0 Å². The fourth-order valence-corrected chi connectivity index (χ4v) is 1.63. The average molecular weight is 212 g/mol. The Morgan fingerprint density at radius 2 is 2.20 bits per heavy atom. The van der Waals surface area contributed by atoms with Crippen molar-refractivity contribution in [3.8, 4) is 0 Å². The number of hydrogen-bond acceptors (Lipinski definition) is 3. The molecule has 0 aromatic carbocycles. The van der Waals surface area contributed by atoms with E-state index < -0.39 is 11.6 Å². The van der Waals surface area contributed by atoms with Crippen LogP contribution in [-0.2, 0) is 10.3 Å². The molecule has 0 amide bonds. The number of carboxylic acid groups (broad SMARTS) is 1. The lowest BCUT2D eigenvalue weighted by Gasteiger charge is -2.27. The molecule has 0 atom stereocenters. The first-order valence-corrected chi connectivity index (χ1v) is 4.93. The number of imidazole rings is 1. The van der Waals surface area contributed by atoms with E-state index in [0.29, 0.717) is 5.82 Å². The molecule has 0 radical (unpaired) electrons. The topological polar surface area (TPSA) is 75.2 Å². The number of aromatic nitrogens is 2. The maximum absolute atomic E-state index is 10.7. The number of nitrogens with zero attached hydrogens (tertiary/aromatic N) is 1. The van der Waals surface area contributed by atoms with Crippen LogP contribution in [0.5, 0.6) is 0 Å². The Balaban J connectivity index is 3.07. The second-order valence-electron chi connectivity index (χ2n) is 3.36. The highest BCUT2D eigenvalue weighted by atomic mass is 16.5. The van der Waals surface area contributed by atoms with Gasteiger partial charge in [0.1, 0.15) is 17.1 Å². The van der Waals surface area contributed by atoms with Crippen LogP contribution in [0.4, 0.5) is 0 Å². The van der Waals surface area contributed by atoms with Crippen molar-refractivity contribution in [2.24, 2.45) is 0 Å². The maximum Gasteiger partial charge on any atom is 0.353 e. The van der Waals surface area contributed by atoms with Gasteiger partial charge in [-0.05, 0) is 12.8 Å². The molecular formula is C10H16N2O3. The zero-order chi connectivity index (χ0) is 11.5. The molecule has 0 aliphatic carbocycles. The van der Waals surface area contributed by atoms with Crippen molar-refractivity contribution in [3.63, 3.8) is 0 Å². The fraction of sp³-hybridized carbons (Fsp3) is 0.600. The van der Waals surface area contributed by atoms with Crippen molar-refractivity contribution in [2.75, 3.05) is 7.11 Å². The largest absolute Gasteiger partial charge is 0.477 e. The fourth-order valence-electron chi connectivity index (χ4n) is 1.63. The highest BCUT2D eigenvalue weighted by Crippen LogP contribution is 2.29. The van der Waals surface area contributed by atoms with Crippen LogP contribution >= 0.6 is 0 Å². The van der Waals surface area contributed by atoms with Crippen molar-refractivity contribution >= 4 is 5.97 Å². The lowest BCUT2D eigenvalue weighted by atomic mass is 9.96. The molecule has 0 aliphatic heterocycles. The average Bonchev–Trinajstić information content (AvgIpc) is 2.71. The number of ether oxygens (including phenoxy) is 1. The van der Waals surface area contributed by atoms with Crippen LogP contribution in [0.2, 0.25) is 0 Å². The summed E-state index contributed by atoms with van der Waals surface area (Å²) in [7, 11) is 1.61. The molecule has 1 aromatic rings. The molecule has 0 aliphatic rings. The zero-order valence-corrected chi connectivity index (χ0v) is 9.20. The van der Waals surface area contributed by atoms with Crippen LogP contribution < -0.4 is 0 Å². The van der Waals surface area contributed by atoms with Gasteiger partial charge >= 0.3 is 5.97 Å². The Hall–Kier alpha value is -1.36. The van der Waals surface area contributed by atoms with Crippen molar-refractivity contribution in [3.05, 3.63) is 17.7 Å². The zero-order valence-electron chi connectivity index (χ0n) is 9.20. The maximum atomic E-state index is 10.7. The Labute approximate surface area is 88.5 Å². The third kappa shape index (κ3) is 2.02. The molecule has 84 valence electrons. The minimum Gasteiger partial charge on any atom is -0.477 e. The van der Waals surface area contributed by atoms with Gasteiger partial charge in [-0.2, -0.15) is 0 Å². The number of aromatic amines is 1. The van der Waals surface area contributed by atoms with Crippen LogP contribution in [-0.4, -0.2) is 28.2 Å². The van der Waals surface area contributed by atoms with Crippen molar-refractivity contribution in [1.82, 2.24) is 9.97 Å². The van der Waals surface area contributed by atoms with Crippen molar-refractivity contribution in [1.29, 1.82) is 0 Å². The van der Waals surface area contributed by atoms with Crippen LogP contribution in [0.15, 0.2) is 6.20 Å². The first-order valence-electron chi connectivity index (χ1n) is 4.93. The standard InChI is InChI=1S/C10H16N2O3/c1-4-10(5-2,15-3)9-11-6-7(12-9)8(13)14/h6H,4-5H2,1-3H3,(H,11,12)(H,13,14).